The molecule has 3 N–H and O–H groups in total. The first kappa shape index (κ1) is 24.5. The fraction of sp³-hybridized carbons (Fsp3) is 0.652. The van der Waals surface area contributed by atoms with Gasteiger partial charge in [-0.05, 0) is 44.2 Å². The molecule has 2 aliphatic carbocycles. The van der Waals surface area contributed by atoms with Crippen LogP contribution >= 0.6 is 0 Å². The number of nitrogens with zero attached hydrogens (tertiary/aromatic N) is 2. The van der Waals surface area contributed by atoms with Crippen LogP contribution in [0.3, 0.4) is 0 Å². The van der Waals surface area contributed by atoms with E-state index in [-0.39, 0.29) is 30.8 Å². The van der Waals surface area contributed by atoms with Gasteiger partial charge >= 0.3 is 6.18 Å². The van der Waals surface area contributed by atoms with Crippen LogP contribution in [0.25, 0.3) is 0 Å². The summed E-state index contributed by atoms with van der Waals surface area (Å²) in [5.41, 5.74) is -2.82. The Balaban J connectivity index is 1.31. The molecule has 2 aliphatic heterocycles. The minimum atomic E-state index is -4.72. The topological polar surface area (TPSA) is 118 Å². The molecule has 13 heteroatoms. The van der Waals surface area contributed by atoms with Crippen molar-refractivity contribution in [2.45, 2.75) is 74.7 Å². The van der Waals surface area contributed by atoms with Gasteiger partial charge in [0.2, 0.25) is 17.7 Å². The fourth-order valence-electron chi connectivity index (χ4n) is 5.99. The maximum absolute atomic E-state index is 13.7. The van der Waals surface area contributed by atoms with Gasteiger partial charge in [-0.3, -0.25) is 14.4 Å². The van der Waals surface area contributed by atoms with Crippen molar-refractivity contribution >= 4 is 17.7 Å². The highest BCUT2D eigenvalue weighted by Crippen LogP contribution is 2.58. The van der Waals surface area contributed by atoms with Crippen molar-refractivity contribution in [3.8, 4) is 6.07 Å². The number of H-pyrrole nitrogens is 1. The molecule has 2 saturated carbocycles. The van der Waals surface area contributed by atoms with Gasteiger partial charge in [0.05, 0.1) is 6.07 Å². The Kier molecular flexibility index (Phi) is 5.39. The fourth-order valence-corrected chi connectivity index (χ4v) is 5.99. The molecule has 4 fully saturated rings. The molecule has 194 valence electrons. The van der Waals surface area contributed by atoms with Crippen molar-refractivity contribution in [2.75, 3.05) is 6.54 Å². The lowest BCUT2D eigenvalue weighted by Crippen LogP contribution is -2.49. The van der Waals surface area contributed by atoms with Crippen LogP contribution in [0.5, 0.6) is 0 Å². The van der Waals surface area contributed by atoms with Crippen LogP contribution in [-0.2, 0) is 15.8 Å². The highest BCUT2D eigenvalue weighted by molar-refractivity contribution is 5.97. The van der Waals surface area contributed by atoms with Crippen LogP contribution in [-0.4, -0.2) is 57.7 Å². The van der Waals surface area contributed by atoms with Crippen molar-refractivity contribution in [2.24, 2.45) is 11.3 Å². The third kappa shape index (κ3) is 4.41. The zero-order valence-electron chi connectivity index (χ0n) is 19.1. The largest absolute Gasteiger partial charge is 0.431 e. The van der Waals surface area contributed by atoms with Crippen LogP contribution in [0.4, 0.5) is 22.0 Å². The molecule has 4 aliphatic rings. The summed E-state index contributed by atoms with van der Waals surface area (Å²) in [6.07, 6.45) is -3.57. The standard InChI is InChI=1S/C23H24F5N5O3/c24-22(25)9-20(10-22)7-15(33(11-20)19(36)14-1-2-16(31-14)23(26,27)28)18(35)30-13(8-29)5-12-6-21(3-4-21)32-17(12)34/h1-2,12-13,15,31H,3-7,9-11H2,(H,30,35)(H,32,34). The Labute approximate surface area is 202 Å². The molecule has 1 aromatic heterocycles. The molecule has 0 radical (unpaired) electrons. The van der Waals surface area contributed by atoms with Crippen LogP contribution < -0.4 is 10.6 Å². The quantitative estimate of drug-likeness (QED) is 0.525. The predicted molar refractivity (Wildman–Crippen MR) is 112 cm³/mol. The predicted octanol–water partition coefficient (Wildman–Crippen LogP) is 2.73. The number of hydrogen-bond acceptors (Lipinski definition) is 4. The first-order chi connectivity index (χ1) is 16.7. The summed E-state index contributed by atoms with van der Waals surface area (Å²) in [6, 6.07) is 1.27. The van der Waals surface area contributed by atoms with Crippen LogP contribution in [0.15, 0.2) is 12.1 Å². The van der Waals surface area contributed by atoms with Gasteiger partial charge in [0, 0.05) is 36.3 Å². The Morgan fingerprint density at radius 2 is 1.92 bits per heavy atom. The van der Waals surface area contributed by atoms with Gasteiger partial charge in [-0.1, -0.05) is 0 Å². The minimum absolute atomic E-state index is 0.0608. The van der Waals surface area contributed by atoms with E-state index in [0.29, 0.717) is 12.5 Å². The molecule has 1 aromatic rings. The van der Waals surface area contributed by atoms with Crippen LogP contribution in [0, 0.1) is 22.7 Å². The Bertz CT molecular complexity index is 1140. The van der Waals surface area contributed by atoms with Crippen molar-refractivity contribution in [3.05, 3.63) is 23.5 Å². The second kappa shape index (κ2) is 7.91. The number of nitriles is 1. The molecular weight excluding hydrogens is 489 g/mol. The summed E-state index contributed by atoms with van der Waals surface area (Å²) >= 11 is 0. The number of nitrogens with one attached hydrogen (secondary N) is 3. The summed E-state index contributed by atoms with van der Waals surface area (Å²) in [5, 5.41) is 15.0. The number of rotatable bonds is 5. The maximum atomic E-state index is 13.7. The molecule has 5 rings (SSSR count). The number of aromatic nitrogens is 1. The summed E-state index contributed by atoms with van der Waals surface area (Å²) in [4.78, 5) is 41.5. The second-order valence-electron chi connectivity index (χ2n) is 10.7. The molecule has 3 unspecified atom stereocenters. The number of carbonyl (C=O) groups is 3. The molecule has 0 bridgehead atoms. The van der Waals surface area contributed by atoms with E-state index >= 15 is 0 Å². The zero-order valence-corrected chi connectivity index (χ0v) is 19.1. The Morgan fingerprint density at radius 1 is 1.22 bits per heavy atom. The van der Waals surface area contributed by atoms with E-state index in [9.17, 15) is 41.6 Å². The third-order valence-electron chi connectivity index (χ3n) is 7.80. The normalized spacial score (nSPS) is 27.9. The SMILES string of the molecule is N#CC(CC1CC2(CC2)NC1=O)NC(=O)C1CC2(CN1C(=O)c1ccc(C(F)(F)F)[nH]1)CC(F)(F)C2. The number of hydrogen-bond donors (Lipinski definition) is 3. The average molecular weight is 513 g/mol. The number of alkyl halides is 5. The Hall–Kier alpha value is -3.17. The van der Waals surface area contributed by atoms with Crippen molar-refractivity contribution in [1.29, 1.82) is 5.26 Å². The molecule has 36 heavy (non-hydrogen) atoms. The molecule has 3 heterocycles. The van der Waals surface area contributed by atoms with Crippen LogP contribution in [0.2, 0.25) is 0 Å². The van der Waals surface area contributed by atoms with E-state index in [1.807, 2.05) is 11.1 Å². The number of likely N-dealkylation sites (tertiary alicyclic amines) is 1. The summed E-state index contributed by atoms with van der Waals surface area (Å²) < 4.78 is 66.4. The van der Waals surface area contributed by atoms with E-state index in [2.05, 4.69) is 10.6 Å². The average Bonchev–Trinajstić information content (AvgIpc) is 3.12. The molecule has 8 nitrogen and oxygen atoms in total. The monoisotopic (exact) mass is 513 g/mol. The smallest absolute Gasteiger partial charge is 0.350 e. The van der Waals surface area contributed by atoms with Gasteiger partial charge in [-0.15, -0.1) is 0 Å². The second-order valence-corrected chi connectivity index (χ2v) is 10.7. The summed E-state index contributed by atoms with van der Waals surface area (Å²) in [7, 11) is 0. The van der Waals surface area contributed by atoms with Crippen molar-refractivity contribution < 1.29 is 36.3 Å². The molecule has 3 amide bonds. The molecule has 2 spiro atoms. The van der Waals surface area contributed by atoms with E-state index in [1.165, 1.54) is 0 Å². The van der Waals surface area contributed by atoms with E-state index in [0.717, 1.165) is 23.8 Å². The summed E-state index contributed by atoms with van der Waals surface area (Å²) in [6.45, 7) is -0.218. The highest BCUT2D eigenvalue weighted by Gasteiger charge is 2.62. The van der Waals surface area contributed by atoms with Gasteiger partial charge in [0.15, 0.2) is 0 Å². The van der Waals surface area contributed by atoms with Gasteiger partial charge in [-0.2, -0.15) is 18.4 Å². The van der Waals surface area contributed by atoms with Gasteiger partial charge in [-0.25, -0.2) is 8.78 Å². The number of amides is 3. The minimum Gasteiger partial charge on any atom is -0.350 e. The highest BCUT2D eigenvalue weighted by atomic mass is 19.4. The van der Waals surface area contributed by atoms with E-state index in [1.54, 1.807) is 0 Å². The van der Waals surface area contributed by atoms with Crippen LogP contribution in [0.1, 0.15) is 61.1 Å². The molecular formula is C23H24F5N5O3. The van der Waals surface area contributed by atoms with E-state index < -0.39 is 71.6 Å². The number of halogens is 5. The number of carbonyl (C=O) groups excluding carboxylic acids is 3. The molecule has 2 saturated heterocycles. The van der Waals surface area contributed by atoms with Gasteiger partial charge < -0.3 is 20.5 Å². The zero-order chi connectivity index (χ0) is 26.1. The Morgan fingerprint density at radius 3 is 2.44 bits per heavy atom. The lowest BCUT2D eigenvalue weighted by Gasteiger charge is -2.44. The lowest BCUT2D eigenvalue weighted by molar-refractivity contribution is -0.155. The summed E-state index contributed by atoms with van der Waals surface area (Å²) in [5.74, 6) is -5.28. The van der Waals surface area contributed by atoms with Gasteiger partial charge in [0.1, 0.15) is 23.5 Å². The lowest BCUT2D eigenvalue weighted by atomic mass is 9.65. The van der Waals surface area contributed by atoms with Gasteiger partial charge in [0.25, 0.3) is 5.91 Å². The first-order valence-corrected chi connectivity index (χ1v) is 11.7. The first-order valence-electron chi connectivity index (χ1n) is 11.7. The van der Waals surface area contributed by atoms with Crippen molar-refractivity contribution in [1.82, 2.24) is 20.5 Å². The molecule has 3 atom stereocenters. The maximum Gasteiger partial charge on any atom is 0.431 e. The third-order valence-corrected chi connectivity index (χ3v) is 7.80. The molecule has 0 aromatic carbocycles. The van der Waals surface area contributed by atoms with E-state index in [4.69, 9.17) is 0 Å². The van der Waals surface area contributed by atoms with Crippen molar-refractivity contribution in [3.63, 3.8) is 0 Å². The number of aromatic amines is 1.